The van der Waals surface area contributed by atoms with Gasteiger partial charge in [0.15, 0.2) is 0 Å². The summed E-state index contributed by atoms with van der Waals surface area (Å²) in [5.41, 5.74) is 2.59. The molecule has 0 heterocycles. The summed E-state index contributed by atoms with van der Waals surface area (Å²) in [5, 5.41) is 72.9. The summed E-state index contributed by atoms with van der Waals surface area (Å²) < 4.78 is 89.3. The molecule has 0 saturated heterocycles. The monoisotopic (exact) mass is 1140 g/mol. The Morgan fingerprint density at radius 2 is 0.566 bits per heavy atom. The Morgan fingerprint density at radius 3 is 0.843 bits per heavy atom. The standard InChI is InChI=1S/C61H52F6N6O10/c1-57(2,35-11-17-47(74)41(68)25-35)36-12-19-49(76)43(27-36)70-53(80)31-7-5-8-32(23-31)54(81)71-44-28-37(13-20-50(44)77)58(3,4)38-14-21-51(78)45(29-38)72-55(82)33-9-6-10-34(24-33)56(83)73-46-30-40(16-22-52(46)79)59(60(62,63)64,61(65,66)67)39-15-18-48(75)42(69)26-39/h5-30,74-79H,68-69H2,1-4H3,(H,70,80)(H,71,81)(H,72,82)(H,73,83). The van der Waals surface area contributed by atoms with E-state index in [4.69, 9.17) is 11.5 Å². The molecule has 4 amide bonds. The van der Waals surface area contributed by atoms with Crippen molar-refractivity contribution in [3.63, 3.8) is 0 Å². The zero-order valence-corrected chi connectivity index (χ0v) is 44.2. The topological polar surface area (TPSA) is 290 Å². The predicted molar refractivity (Wildman–Crippen MR) is 299 cm³/mol. The van der Waals surface area contributed by atoms with Gasteiger partial charge in [0.1, 0.15) is 34.5 Å². The highest BCUT2D eigenvalue weighted by molar-refractivity contribution is 6.11. The fourth-order valence-electron chi connectivity index (χ4n) is 9.37. The first-order valence-corrected chi connectivity index (χ1v) is 24.9. The van der Waals surface area contributed by atoms with Crippen LogP contribution >= 0.6 is 0 Å². The quantitative estimate of drug-likeness (QED) is 0.0275. The number of amides is 4. The van der Waals surface area contributed by atoms with E-state index in [9.17, 15) is 76.2 Å². The highest BCUT2D eigenvalue weighted by Crippen LogP contribution is 2.57. The fourth-order valence-corrected chi connectivity index (χ4v) is 9.37. The molecule has 8 rings (SSSR count). The molecular formula is C61H52F6N6O10. The normalized spacial score (nSPS) is 12.1. The number of nitrogens with one attached hydrogen (secondary N) is 4. The number of nitrogen functional groups attached to an aromatic ring is 2. The Hall–Kier alpha value is -10.4. The third kappa shape index (κ3) is 11.5. The molecule has 16 nitrogen and oxygen atoms in total. The Bertz CT molecular complexity index is 3890. The largest absolute Gasteiger partial charge is 0.506 e. The highest BCUT2D eigenvalue weighted by atomic mass is 19.4. The second-order valence-corrected chi connectivity index (χ2v) is 20.4. The van der Waals surface area contributed by atoms with Crippen LogP contribution in [0.2, 0.25) is 0 Å². The van der Waals surface area contributed by atoms with E-state index in [1.165, 1.54) is 78.9 Å². The summed E-state index contributed by atoms with van der Waals surface area (Å²) in [6.07, 6.45) is -12.2. The number of nitrogens with two attached hydrogens (primary N) is 2. The molecule has 0 fully saturated rings. The number of alkyl halides is 6. The number of benzene rings is 8. The summed E-state index contributed by atoms with van der Waals surface area (Å²) in [4.78, 5) is 54.6. The lowest BCUT2D eigenvalue weighted by Crippen LogP contribution is -2.54. The number of anilines is 6. The van der Waals surface area contributed by atoms with Crippen molar-refractivity contribution in [1.82, 2.24) is 0 Å². The van der Waals surface area contributed by atoms with Crippen LogP contribution in [0.4, 0.5) is 60.5 Å². The van der Waals surface area contributed by atoms with Gasteiger partial charge in [0.2, 0.25) is 5.41 Å². The molecular weight excluding hydrogens is 1090 g/mol. The van der Waals surface area contributed by atoms with Gasteiger partial charge in [-0.3, -0.25) is 19.2 Å². The Morgan fingerprint density at radius 1 is 0.337 bits per heavy atom. The molecule has 0 unspecified atom stereocenters. The van der Waals surface area contributed by atoms with Crippen molar-refractivity contribution < 1.29 is 76.2 Å². The molecule has 8 aromatic carbocycles. The molecule has 22 heteroatoms. The lowest BCUT2D eigenvalue weighted by Gasteiger charge is -2.38. The van der Waals surface area contributed by atoms with Gasteiger partial charge in [-0.1, -0.05) is 76.2 Å². The first kappa shape index (κ1) is 58.8. The fraction of sp³-hybridized carbons (Fsp3) is 0.148. The van der Waals surface area contributed by atoms with Crippen molar-refractivity contribution >= 4 is 57.8 Å². The molecule has 0 bridgehead atoms. The molecule has 8 aromatic rings. The van der Waals surface area contributed by atoms with E-state index < -0.39 is 92.0 Å². The van der Waals surface area contributed by atoms with Crippen molar-refractivity contribution in [2.45, 2.75) is 56.3 Å². The Balaban J connectivity index is 0.968. The maximum Gasteiger partial charge on any atom is 0.411 e. The van der Waals surface area contributed by atoms with E-state index in [0.29, 0.717) is 53.1 Å². The van der Waals surface area contributed by atoms with Gasteiger partial charge in [0.05, 0.1) is 34.1 Å². The van der Waals surface area contributed by atoms with Gasteiger partial charge < -0.3 is 63.4 Å². The number of hydrogen-bond donors (Lipinski definition) is 12. The number of phenolic OH excluding ortho intramolecular Hbond substituents is 6. The van der Waals surface area contributed by atoms with Crippen LogP contribution in [0, 0.1) is 0 Å². The zero-order chi connectivity index (χ0) is 60.7. The second kappa shape index (κ2) is 21.9. The van der Waals surface area contributed by atoms with E-state index in [0.717, 1.165) is 11.6 Å². The summed E-state index contributed by atoms with van der Waals surface area (Å²) in [6, 6.07) is 31.1. The number of aromatic hydroxyl groups is 6. The number of phenols is 6. The van der Waals surface area contributed by atoms with Crippen LogP contribution in [0.1, 0.15) is 103 Å². The van der Waals surface area contributed by atoms with Crippen LogP contribution in [-0.4, -0.2) is 66.6 Å². The van der Waals surface area contributed by atoms with Crippen LogP contribution in [0.5, 0.6) is 34.5 Å². The van der Waals surface area contributed by atoms with E-state index >= 15 is 0 Å². The molecule has 0 aliphatic heterocycles. The van der Waals surface area contributed by atoms with Gasteiger partial charge in [0.25, 0.3) is 23.6 Å². The Kier molecular flexibility index (Phi) is 15.5. The Labute approximate surface area is 469 Å². The highest BCUT2D eigenvalue weighted by Gasteiger charge is 2.72. The van der Waals surface area contributed by atoms with Crippen LogP contribution in [0.3, 0.4) is 0 Å². The predicted octanol–water partition coefficient (Wildman–Crippen LogP) is 12.2. The average molecular weight is 1140 g/mol. The zero-order valence-electron chi connectivity index (χ0n) is 44.2. The smallest absolute Gasteiger partial charge is 0.411 e. The number of hydrogen-bond acceptors (Lipinski definition) is 12. The minimum absolute atomic E-state index is 0.0234. The molecule has 0 radical (unpaired) electrons. The molecule has 0 atom stereocenters. The first-order valence-electron chi connectivity index (χ1n) is 24.9. The summed E-state index contributed by atoms with van der Waals surface area (Å²) in [6.45, 7) is 7.35. The van der Waals surface area contributed by atoms with E-state index in [1.54, 1.807) is 50.2 Å². The van der Waals surface area contributed by atoms with E-state index in [1.807, 2.05) is 13.8 Å². The molecule has 0 spiro atoms. The third-order valence-electron chi connectivity index (χ3n) is 14.4. The van der Waals surface area contributed by atoms with Gasteiger partial charge in [0, 0.05) is 33.1 Å². The van der Waals surface area contributed by atoms with Gasteiger partial charge in [-0.2, -0.15) is 26.3 Å². The van der Waals surface area contributed by atoms with Gasteiger partial charge in [-0.25, -0.2) is 0 Å². The van der Waals surface area contributed by atoms with Crippen molar-refractivity contribution in [2.24, 2.45) is 0 Å². The van der Waals surface area contributed by atoms with Gasteiger partial charge in [-0.15, -0.1) is 0 Å². The number of carbonyl (C=O) groups excluding carboxylic acids is 4. The van der Waals surface area contributed by atoms with Crippen molar-refractivity contribution in [1.29, 1.82) is 0 Å². The minimum Gasteiger partial charge on any atom is -0.506 e. The van der Waals surface area contributed by atoms with Gasteiger partial charge in [-0.05, 0) is 143 Å². The first-order chi connectivity index (χ1) is 38.8. The summed E-state index contributed by atoms with van der Waals surface area (Å²) in [5.74, 6) is -6.13. The lowest BCUT2D eigenvalue weighted by atomic mass is 9.72. The number of rotatable bonds is 14. The third-order valence-corrected chi connectivity index (χ3v) is 14.4. The second-order valence-electron chi connectivity index (χ2n) is 20.4. The molecule has 0 aliphatic carbocycles. The molecule has 0 aromatic heterocycles. The number of carbonyl (C=O) groups is 4. The summed E-state index contributed by atoms with van der Waals surface area (Å²) in [7, 11) is 0. The van der Waals surface area contributed by atoms with Crippen LogP contribution in [0.15, 0.2) is 158 Å². The molecule has 83 heavy (non-hydrogen) atoms. The molecule has 0 saturated carbocycles. The molecule has 0 aliphatic rings. The maximum atomic E-state index is 14.9. The van der Waals surface area contributed by atoms with Crippen LogP contribution in [-0.2, 0) is 16.2 Å². The SMILES string of the molecule is CC(C)(c1ccc(O)c(N)c1)c1ccc(O)c(NC(=O)c2cccc(C(=O)Nc3cc(C(C)(C)c4ccc(O)c(NC(=O)c5cccc(C(=O)Nc6cc(C(c7ccc(O)c(N)c7)(C(F)(F)F)C(F)(F)F)ccc6O)c5)c4)ccc3O)c2)c1. The van der Waals surface area contributed by atoms with Gasteiger partial charge >= 0.3 is 12.4 Å². The summed E-state index contributed by atoms with van der Waals surface area (Å²) >= 11 is 0. The maximum absolute atomic E-state index is 14.9. The van der Waals surface area contributed by atoms with E-state index in [-0.39, 0.29) is 62.3 Å². The lowest BCUT2D eigenvalue weighted by molar-refractivity contribution is -0.288. The van der Waals surface area contributed by atoms with Crippen molar-refractivity contribution in [2.75, 3.05) is 32.7 Å². The average Bonchev–Trinajstić information content (AvgIpc) is 1.05. The van der Waals surface area contributed by atoms with Crippen LogP contribution < -0.4 is 32.7 Å². The number of halogens is 6. The van der Waals surface area contributed by atoms with Crippen LogP contribution in [0.25, 0.3) is 0 Å². The minimum atomic E-state index is -6.09. The molecule has 428 valence electrons. The molecule has 14 N–H and O–H groups in total. The van der Waals surface area contributed by atoms with Crippen molar-refractivity contribution in [3.8, 4) is 34.5 Å². The van der Waals surface area contributed by atoms with Crippen molar-refractivity contribution in [3.05, 3.63) is 213 Å². The van der Waals surface area contributed by atoms with E-state index in [2.05, 4.69) is 21.3 Å².